The van der Waals surface area contributed by atoms with Crippen LogP contribution < -0.4 is 0 Å². The molecular formula is C15H29NO2. The first kappa shape index (κ1) is 15.5. The molecule has 2 unspecified atom stereocenters. The van der Waals surface area contributed by atoms with E-state index in [9.17, 15) is 4.79 Å². The quantitative estimate of drug-likeness (QED) is 0.517. The highest BCUT2D eigenvalue weighted by atomic mass is 16.5. The van der Waals surface area contributed by atoms with E-state index in [4.69, 9.17) is 4.74 Å². The van der Waals surface area contributed by atoms with Crippen molar-refractivity contribution < 1.29 is 9.53 Å². The number of carbonyl (C=O) groups is 1. The number of ether oxygens (including phenoxy) is 1. The Kier molecular flexibility index (Phi) is 7.33. The molecule has 0 amide bonds. The van der Waals surface area contributed by atoms with Crippen molar-refractivity contribution in [3.8, 4) is 0 Å². The molecule has 1 aliphatic heterocycles. The number of piperidine rings is 1. The molecule has 0 N–H and O–H groups in total. The van der Waals surface area contributed by atoms with Gasteiger partial charge in [-0.25, -0.2) is 0 Å². The molecule has 3 nitrogen and oxygen atoms in total. The molecule has 0 bridgehead atoms. The largest absolute Gasteiger partial charge is 0.466 e. The van der Waals surface area contributed by atoms with Gasteiger partial charge in [0.1, 0.15) is 0 Å². The molecule has 1 heterocycles. The summed E-state index contributed by atoms with van der Waals surface area (Å²) in [6, 6.07) is 0.742. The third-order valence-electron chi connectivity index (χ3n) is 3.88. The van der Waals surface area contributed by atoms with E-state index in [1.807, 2.05) is 6.92 Å². The summed E-state index contributed by atoms with van der Waals surface area (Å²) in [4.78, 5) is 13.8. The molecule has 0 aromatic rings. The highest BCUT2D eigenvalue weighted by molar-refractivity contribution is 5.69. The van der Waals surface area contributed by atoms with Gasteiger partial charge in [0.25, 0.3) is 0 Å². The summed E-state index contributed by atoms with van der Waals surface area (Å²) in [6.07, 6.45) is 6.60. The molecule has 1 rings (SSSR count). The van der Waals surface area contributed by atoms with E-state index in [-0.39, 0.29) is 5.97 Å². The highest BCUT2D eigenvalue weighted by Gasteiger charge is 2.21. The fourth-order valence-corrected chi connectivity index (χ4v) is 2.69. The Bertz CT molecular complexity index is 243. The predicted molar refractivity (Wildman–Crippen MR) is 74.5 cm³/mol. The van der Waals surface area contributed by atoms with Crippen molar-refractivity contribution in [2.24, 2.45) is 5.92 Å². The molecule has 0 aliphatic carbocycles. The van der Waals surface area contributed by atoms with Crippen molar-refractivity contribution in [2.45, 2.75) is 65.3 Å². The minimum atomic E-state index is -0.0440. The van der Waals surface area contributed by atoms with Crippen LogP contribution in [0, 0.1) is 5.92 Å². The lowest BCUT2D eigenvalue weighted by Gasteiger charge is -2.36. The second-order valence-electron chi connectivity index (χ2n) is 5.64. The van der Waals surface area contributed by atoms with E-state index in [0.717, 1.165) is 24.8 Å². The maximum absolute atomic E-state index is 11.2. The Morgan fingerprint density at radius 3 is 2.72 bits per heavy atom. The molecular weight excluding hydrogens is 226 g/mol. The number of hydrogen-bond acceptors (Lipinski definition) is 3. The summed E-state index contributed by atoms with van der Waals surface area (Å²) in [5.41, 5.74) is 0. The van der Waals surface area contributed by atoms with Gasteiger partial charge in [0, 0.05) is 19.0 Å². The first-order valence-corrected chi connectivity index (χ1v) is 7.53. The predicted octanol–water partition coefficient (Wildman–Crippen LogP) is 3.23. The lowest BCUT2D eigenvalue weighted by molar-refractivity contribution is -0.143. The van der Waals surface area contributed by atoms with Gasteiger partial charge in [0.15, 0.2) is 0 Å². The van der Waals surface area contributed by atoms with Crippen LogP contribution >= 0.6 is 0 Å². The van der Waals surface area contributed by atoms with Crippen molar-refractivity contribution in [1.82, 2.24) is 4.90 Å². The van der Waals surface area contributed by atoms with Gasteiger partial charge in [0.05, 0.1) is 6.61 Å². The van der Waals surface area contributed by atoms with Gasteiger partial charge in [0.2, 0.25) is 0 Å². The van der Waals surface area contributed by atoms with Gasteiger partial charge in [-0.2, -0.15) is 0 Å². The Labute approximate surface area is 112 Å². The average Bonchev–Trinajstić information content (AvgIpc) is 2.33. The zero-order valence-corrected chi connectivity index (χ0v) is 12.3. The van der Waals surface area contributed by atoms with Crippen LogP contribution in [0.4, 0.5) is 0 Å². The van der Waals surface area contributed by atoms with E-state index in [0.29, 0.717) is 13.0 Å². The monoisotopic (exact) mass is 255 g/mol. The maximum atomic E-state index is 11.2. The normalized spacial score (nSPS) is 25.1. The molecule has 0 spiro atoms. The molecule has 106 valence electrons. The smallest absolute Gasteiger partial charge is 0.305 e. The molecule has 18 heavy (non-hydrogen) atoms. The van der Waals surface area contributed by atoms with Gasteiger partial charge >= 0.3 is 5.97 Å². The first-order chi connectivity index (χ1) is 8.63. The molecule has 0 saturated carbocycles. The molecule has 1 saturated heterocycles. The second-order valence-corrected chi connectivity index (χ2v) is 5.64. The fourth-order valence-electron chi connectivity index (χ4n) is 2.69. The topological polar surface area (TPSA) is 29.5 Å². The Morgan fingerprint density at radius 2 is 2.00 bits per heavy atom. The summed E-state index contributed by atoms with van der Waals surface area (Å²) >= 11 is 0. The Balaban J connectivity index is 2.04. The number of esters is 1. The summed E-state index contributed by atoms with van der Waals surface area (Å²) in [7, 11) is 0. The van der Waals surface area contributed by atoms with Gasteiger partial charge < -0.3 is 9.64 Å². The third-order valence-corrected chi connectivity index (χ3v) is 3.88. The minimum Gasteiger partial charge on any atom is -0.466 e. The van der Waals surface area contributed by atoms with Crippen LogP contribution in [0.1, 0.15) is 59.3 Å². The summed E-state index contributed by atoms with van der Waals surface area (Å²) in [5.74, 6) is 0.804. The number of likely N-dealkylation sites (tertiary alicyclic amines) is 1. The van der Waals surface area contributed by atoms with Crippen molar-refractivity contribution in [1.29, 1.82) is 0 Å². The first-order valence-electron chi connectivity index (χ1n) is 7.53. The molecule has 0 aromatic heterocycles. The Morgan fingerprint density at radius 1 is 1.22 bits per heavy atom. The zero-order chi connectivity index (χ0) is 13.4. The Hall–Kier alpha value is -0.570. The van der Waals surface area contributed by atoms with E-state index >= 15 is 0 Å². The third kappa shape index (κ3) is 5.85. The van der Waals surface area contributed by atoms with E-state index < -0.39 is 0 Å². The number of nitrogens with zero attached hydrogens (tertiary/aromatic N) is 1. The summed E-state index contributed by atoms with van der Waals surface area (Å²) in [5, 5.41) is 0. The average molecular weight is 255 g/mol. The SMILES string of the molecule is CCOC(=O)CCCCCN1CC(C)CCC1C. The van der Waals surface area contributed by atoms with Crippen LogP contribution in [0.3, 0.4) is 0 Å². The second kappa shape index (κ2) is 8.52. The lowest BCUT2D eigenvalue weighted by Crippen LogP contribution is -2.41. The zero-order valence-electron chi connectivity index (χ0n) is 12.3. The van der Waals surface area contributed by atoms with E-state index in [1.54, 1.807) is 0 Å². The van der Waals surface area contributed by atoms with Crippen LogP contribution in [0.15, 0.2) is 0 Å². The maximum Gasteiger partial charge on any atom is 0.305 e. The molecule has 0 aromatic carbocycles. The van der Waals surface area contributed by atoms with E-state index in [2.05, 4.69) is 18.7 Å². The van der Waals surface area contributed by atoms with Crippen molar-refractivity contribution >= 4 is 5.97 Å². The number of unbranched alkanes of at least 4 members (excludes halogenated alkanes) is 2. The van der Waals surface area contributed by atoms with Crippen LogP contribution in [-0.2, 0) is 9.53 Å². The molecule has 1 fully saturated rings. The lowest BCUT2D eigenvalue weighted by atomic mass is 9.95. The van der Waals surface area contributed by atoms with Gasteiger partial charge in [-0.05, 0) is 52.0 Å². The van der Waals surface area contributed by atoms with Crippen LogP contribution in [0.5, 0.6) is 0 Å². The molecule has 0 radical (unpaired) electrons. The molecule has 2 atom stereocenters. The van der Waals surface area contributed by atoms with Crippen LogP contribution in [0.25, 0.3) is 0 Å². The summed E-state index contributed by atoms with van der Waals surface area (Å²) < 4.78 is 4.92. The van der Waals surface area contributed by atoms with Crippen molar-refractivity contribution in [3.05, 3.63) is 0 Å². The number of hydrogen-bond donors (Lipinski definition) is 0. The molecule has 1 aliphatic rings. The summed E-state index contributed by atoms with van der Waals surface area (Å²) in [6.45, 7) is 9.48. The fraction of sp³-hybridized carbons (Fsp3) is 0.933. The van der Waals surface area contributed by atoms with Gasteiger partial charge in [-0.3, -0.25) is 4.79 Å². The van der Waals surface area contributed by atoms with Crippen LogP contribution in [0.2, 0.25) is 0 Å². The highest BCUT2D eigenvalue weighted by Crippen LogP contribution is 2.21. The number of rotatable bonds is 7. The standard InChI is InChI=1S/C15H29NO2/c1-4-18-15(17)8-6-5-7-11-16-12-13(2)9-10-14(16)3/h13-14H,4-12H2,1-3H3. The van der Waals surface area contributed by atoms with Gasteiger partial charge in [-0.15, -0.1) is 0 Å². The van der Waals surface area contributed by atoms with Crippen LogP contribution in [-0.4, -0.2) is 36.6 Å². The van der Waals surface area contributed by atoms with Gasteiger partial charge in [-0.1, -0.05) is 13.3 Å². The van der Waals surface area contributed by atoms with Crippen molar-refractivity contribution in [3.63, 3.8) is 0 Å². The molecule has 3 heteroatoms. The van der Waals surface area contributed by atoms with Crippen molar-refractivity contribution in [2.75, 3.05) is 19.7 Å². The minimum absolute atomic E-state index is 0.0440. The number of carbonyl (C=O) groups excluding carboxylic acids is 1. The van der Waals surface area contributed by atoms with E-state index in [1.165, 1.54) is 32.4 Å².